The van der Waals surface area contributed by atoms with Crippen molar-refractivity contribution in [2.75, 3.05) is 32.8 Å². The number of benzene rings is 1. The van der Waals surface area contributed by atoms with Gasteiger partial charge < -0.3 is 9.64 Å². The minimum absolute atomic E-state index is 0.182. The van der Waals surface area contributed by atoms with Gasteiger partial charge in [-0.25, -0.2) is 4.79 Å². The van der Waals surface area contributed by atoms with E-state index in [1.807, 2.05) is 6.92 Å². The summed E-state index contributed by atoms with van der Waals surface area (Å²) in [6, 6.07) is 8.86. The van der Waals surface area contributed by atoms with Crippen molar-refractivity contribution in [2.45, 2.75) is 33.2 Å². The van der Waals surface area contributed by atoms with Crippen molar-refractivity contribution in [1.82, 2.24) is 9.80 Å². The molecule has 1 aliphatic rings. The third-order valence-corrected chi connectivity index (χ3v) is 3.95. The van der Waals surface area contributed by atoms with Crippen LogP contribution in [0.4, 0.5) is 4.79 Å². The minimum Gasteiger partial charge on any atom is -0.450 e. The highest BCUT2D eigenvalue weighted by molar-refractivity contribution is 5.67. The summed E-state index contributed by atoms with van der Waals surface area (Å²) < 4.78 is 5.04. The molecule has 4 heteroatoms. The lowest BCUT2D eigenvalue weighted by Gasteiger charge is -2.34. The largest absolute Gasteiger partial charge is 0.450 e. The molecule has 1 amide bonds. The van der Waals surface area contributed by atoms with Crippen LogP contribution in [0.1, 0.15) is 37.8 Å². The molecule has 2 rings (SSSR count). The molecule has 1 heterocycles. The summed E-state index contributed by atoms with van der Waals surface area (Å²) in [6.07, 6.45) is -0.182. The number of rotatable bonds is 4. The Morgan fingerprint density at radius 2 is 1.76 bits per heavy atom. The summed E-state index contributed by atoms with van der Waals surface area (Å²) >= 11 is 0. The lowest BCUT2D eigenvalue weighted by Crippen LogP contribution is -2.48. The van der Waals surface area contributed by atoms with E-state index in [1.54, 1.807) is 4.90 Å². The van der Waals surface area contributed by atoms with Crippen molar-refractivity contribution < 1.29 is 9.53 Å². The van der Waals surface area contributed by atoms with Gasteiger partial charge in [0.2, 0.25) is 0 Å². The summed E-state index contributed by atoms with van der Waals surface area (Å²) in [4.78, 5) is 15.8. The van der Waals surface area contributed by atoms with E-state index in [0.29, 0.717) is 12.5 Å². The molecule has 0 radical (unpaired) electrons. The molecular weight excluding hydrogens is 264 g/mol. The Morgan fingerprint density at radius 1 is 1.14 bits per heavy atom. The molecular formula is C17H26N2O2. The molecule has 0 bridgehead atoms. The van der Waals surface area contributed by atoms with Crippen LogP contribution in [0.25, 0.3) is 0 Å². The monoisotopic (exact) mass is 290 g/mol. The molecule has 1 aromatic rings. The number of hydrogen-bond acceptors (Lipinski definition) is 3. The lowest BCUT2D eigenvalue weighted by atomic mass is 10.0. The van der Waals surface area contributed by atoms with Crippen LogP contribution in [-0.2, 0) is 11.3 Å². The summed E-state index contributed by atoms with van der Waals surface area (Å²) in [6.45, 7) is 11.0. The second-order valence-electron chi connectivity index (χ2n) is 5.86. The highest BCUT2D eigenvalue weighted by Crippen LogP contribution is 2.16. The quantitative estimate of drug-likeness (QED) is 0.854. The Labute approximate surface area is 127 Å². The van der Waals surface area contributed by atoms with Crippen molar-refractivity contribution in [1.29, 1.82) is 0 Å². The molecule has 0 atom stereocenters. The number of ether oxygens (including phenoxy) is 1. The fourth-order valence-electron chi connectivity index (χ4n) is 2.57. The topological polar surface area (TPSA) is 32.8 Å². The van der Waals surface area contributed by atoms with Crippen molar-refractivity contribution in [3.63, 3.8) is 0 Å². The summed E-state index contributed by atoms with van der Waals surface area (Å²) in [5, 5.41) is 0. The van der Waals surface area contributed by atoms with Crippen LogP contribution in [0.2, 0.25) is 0 Å². The van der Waals surface area contributed by atoms with Crippen molar-refractivity contribution in [2.24, 2.45) is 0 Å². The fourth-order valence-corrected chi connectivity index (χ4v) is 2.57. The van der Waals surface area contributed by atoms with Gasteiger partial charge in [-0.1, -0.05) is 38.1 Å². The van der Waals surface area contributed by atoms with E-state index in [9.17, 15) is 4.79 Å². The second-order valence-corrected chi connectivity index (χ2v) is 5.86. The molecule has 116 valence electrons. The molecule has 1 aromatic carbocycles. The molecule has 4 nitrogen and oxygen atoms in total. The highest BCUT2D eigenvalue weighted by atomic mass is 16.6. The van der Waals surface area contributed by atoms with Gasteiger partial charge in [0.25, 0.3) is 0 Å². The normalized spacial score (nSPS) is 16.3. The zero-order valence-corrected chi connectivity index (χ0v) is 13.3. The highest BCUT2D eigenvalue weighted by Gasteiger charge is 2.21. The smallest absolute Gasteiger partial charge is 0.409 e. The van der Waals surface area contributed by atoms with Gasteiger partial charge in [0.05, 0.1) is 6.61 Å². The van der Waals surface area contributed by atoms with Gasteiger partial charge in [0.1, 0.15) is 0 Å². The first-order valence-corrected chi connectivity index (χ1v) is 7.83. The van der Waals surface area contributed by atoms with Crippen LogP contribution in [0, 0.1) is 0 Å². The van der Waals surface area contributed by atoms with Gasteiger partial charge in [-0.3, -0.25) is 4.90 Å². The Morgan fingerprint density at radius 3 is 2.29 bits per heavy atom. The van der Waals surface area contributed by atoms with Crippen molar-refractivity contribution in [3.8, 4) is 0 Å². The summed E-state index contributed by atoms with van der Waals surface area (Å²) in [5.74, 6) is 0.576. The maximum atomic E-state index is 11.6. The number of carbonyl (C=O) groups is 1. The Hall–Kier alpha value is -1.55. The van der Waals surface area contributed by atoms with E-state index in [-0.39, 0.29) is 6.09 Å². The van der Waals surface area contributed by atoms with E-state index < -0.39 is 0 Å². The zero-order chi connectivity index (χ0) is 15.2. The van der Waals surface area contributed by atoms with Gasteiger partial charge in [-0.15, -0.1) is 0 Å². The number of carbonyl (C=O) groups excluding carboxylic acids is 1. The molecule has 0 saturated carbocycles. The average molecular weight is 290 g/mol. The van der Waals surface area contributed by atoms with Gasteiger partial charge in [0.15, 0.2) is 0 Å². The number of nitrogens with zero attached hydrogens (tertiary/aromatic N) is 2. The van der Waals surface area contributed by atoms with Gasteiger partial charge >= 0.3 is 6.09 Å². The Kier molecular flexibility index (Phi) is 5.62. The predicted molar refractivity (Wildman–Crippen MR) is 84.4 cm³/mol. The first kappa shape index (κ1) is 15.8. The first-order chi connectivity index (χ1) is 10.1. The SMILES string of the molecule is CCOC(=O)N1CCN(Cc2ccc(C(C)C)cc2)CC1. The zero-order valence-electron chi connectivity index (χ0n) is 13.3. The third-order valence-electron chi connectivity index (χ3n) is 3.95. The van der Waals surface area contributed by atoms with Crippen LogP contribution in [-0.4, -0.2) is 48.7 Å². The van der Waals surface area contributed by atoms with Gasteiger partial charge in [-0.2, -0.15) is 0 Å². The van der Waals surface area contributed by atoms with Crippen LogP contribution in [0.5, 0.6) is 0 Å². The number of piperazine rings is 1. The fraction of sp³-hybridized carbons (Fsp3) is 0.588. The Balaban J connectivity index is 1.82. The van der Waals surface area contributed by atoms with E-state index in [2.05, 4.69) is 43.0 Å². The molecule has 1 fully saturated rings. The molecule has 1 aliphatic heterocycles. The number of hydrogen-bond donors (Lipinski definition) is 0. The van der Waals surface area contributed by atoms with Crippen LogP contribution in [0.3, 0.4) is 0 Å². The van der Waals surface area contributed by atoms with Crippen LogP contribution < -0.4 is 0 Å². The molecule has 0 N–H and O–H groups in total. The third kappa shape index (κ3) is 4.46. The minimum atomic E-state index is -0.182. The Bertz CT molecular complexity index is 448. The molecule has 21 heavy (non-hydrogen) atoms. The standard InChI is InChI=1S/C17H26N2O2/c1-4-21-17(20)19-11-9-18(10-12-19)13-15-5-7-16(8-6-15)14(2)3/h5-8,14H,4,9-13H2,1-3H3. The van der Waals surface area contributed by atoms with Gasteiger partial charge in [0, 0.05) is 32.7 Å². The van der Waals surface area contributed by atoms with E-state index in [4.69, 9.17) is 4.74 Å². The van der Waals surface area contributed by atoms with Crippen LogP contribution in [0.15, 0.2) is 24.3 Å². The molecule has 1 saturated heterocycles. The molecule has 0 aliphatic carbocycles. The maximum Gasteiger partial charge on any atom is 0.409 e. The van der Waals surface area contributed by atoms with Crippen molar-refractivity contribution >= 4 is 6.09 Å². The summed E-state index contributed by atoms with van der Waals surface area (Å²) in [5.41, 5.74) is 2.72. The van der Waals surface area contributed by atoms with E-state index in [1.165, 1.54) is 11.1 Å². The predicted octanol–water partition coefficient (Wildman–Crippen LogP) is 3.08. The molecule has 0 spiro atoms. The molecule has 0 aromatic heterocycles. The maximum absolute atomic E-state index is 11.6. The lowest BCUT2D eigenvalue weighted by molar-refractivity contribution is 0.0778. The summed E-state index contributed by atoms with van der Waals surface area (Å²) in [7, 11) is 0. The number of amides is 1. The average Bonchev–Trinajstić information content (AvgIpc) is 2.49. The van der Waals surface area contributed by atoms with E-state index in [0.717, 1.165) is 32.7 Å². The van der Waals surface area contributed by atoms with E-state index >= 15 is 0 Å². The van der Waals surface area contributed by atoms with Crippen molar-refractivity contribution in [3.05, 3.63) is 35.4 Å². The first-order valence-electron chi connectivity index (χ1n) is 7.83. The second kappa shape index (κ2) is 7.46. The van der Waals surface area contributed by atoms with Gasteiger partial charge in [-0.05, 0) is 24.0 Å². The molecule has 0 unspecified atom stereocenters. The van der Waals surface area contributed by atoms with Crippen LogP contribution >= 0.6 is 0 Å².